The average molecular weight is 414 g/mol. The second-order valence-corrected chi connectivity index (χ2v) is 8.74. The number of hydrogen-bond donors (Lipinski definition) is 1. The summed E-state index contributed by atoms with van der Waals surface area (Å²) in [5.74, 6) is 0.850. The number of aromatic amines is 1. The minimum absolute atomic E-state index is 0.196. The van der Waals surface area contributed by atoms with Gasteiger partial charge in [0.2, 0.25) is 10.0 Å². The molecule has 0 aliphatic carbocycles. The van der Waals surface area contributed by atoms with Crippen LogP contribution in [0.5, 0.6) is 5.75 Å². The van der Waals surface area contributed by atoms with Gasteiger partial charge in [0.15, 0.2) is 0 Å². The summed E-state index contributed by atoms with van der Waals surface area (Å²) < 4.78 is 33.4. The van der Waals surface area contributed by atoms with Gasteiger partial charge in [-0.15, -0.1) is 0 Å². The third-order valence-corrected chi connectivity index (χ3v) is 7.02. The highest BCUT2D eigenvalue weighted by molar-refractivity contribution is 7.89. The van der Waals surface area contributed by atoms with Gasteiger partial charge in [-0.3, -0.25) is 15.0 Å². The monoisotopic (exact) mass is 413 g/mol. The van der Waals surface area contributed by atoms with E-state index in [1.54, 1.807) is 31.6 Å². The molecule has 0 radical (unpaired) electrons. The van der Waals surface area contributed by atoms with Crippen LogP contribution in [0.2, 0.25) is 0 Å². The SMILES string of the molecule is COc1ccccc1CN1CCN(S(=O)(=O)c2cn[nH]c2-c2ccncc2)CC1. The van der Waals surface area contributed by atoms with Gasteiger partial charge in [0, 0.05) is 56.2 Å². The minimum Gasteiger partial charge on any atom is -0.496 e. The number of methoxy groups -OCH3 is 1. The van der Waals surface area contributed by atoms with E-state index in [0.29, 0.717) is 31.9 Å². The quantitative estimate of drug-likeness (QED) is 0.665. The molecule has 9 heteroatoms. The predicted octanol–water partition coefficient (Wildman–Crippen LogP) is 1.99. The maximum Gasteiger partial charge on any atom is 0.246 e. The van der Waals surface area contributed by atoms with Crippen molar-refractivity contribution < 1.29 is 13.2 Å². The third kappa shape index (κ3) is 4.02. The van der Waals surface area contributed by atoms with Gasteiger partial charge < -0.3 is 4.74 Å². The molecule has 0 spiro atoms. The van der Waals surface area contributed by atoms with Gasteiger partial charge in [0.1, 0.15) is 10.6 Å². The fourth-order valence-electron chi connectivity index (χ4n) is 3.54. The molecule has 0 atom stereocenters. The van der Waals surface area contributed by atoms with Crippen molar-refractivity contribution in [2.45, 2.75) is 11.4 Å². The molecule has 1 N–H and O–H groups in total. The van der Waals surface area contributed by atoms with Crippen molar-refractivity contribution in [3.63, 3.8) is 0 Å². The molecule has 0 bridgehead atoms. The maximum atomic E-state index is 13.2. The fourth-order valence-corrected chi connectivity index (χ4v) is 5.07. The van der Waals surface area contributed by atoms with E-state index in [1.807, 2.05) is 24.3 Å². The Hall–Kier alpha value is -2.75. The molecule has 2 aromatic heterocycles. The Bertz CT molecular complexity index is 1060. The van der Waals surface area contributed by atoms with Crippen molar-refractivity contribution >= 4 is 10.0 Å². The molecular weight excluding hydrogens is 390 g/mol. The van der Waals surface area contributed by atoms with E-state index < -0.39 is 10.0 Å². The Labute approximate surface area is 170 Å². The molecule has 1 saturated heterocycles. The van der Waals surface area contributed by atoms with Crippen molar-refractivity contribution in [2.24, 2.45) is 0 Å². The van der Waals surface area contributed by atoms with E-state index in [4.69, 9.17) is 4.74 Å². The summed E-state index contributed by atoms with van der Waals surface area (Å²) in [7, 11) is -1.98. The molecule has 4 rings (SSSR count). The van der Waals surface area contributed by atoms with E-state index in [2.05, 4.69) is 20.1 Å². The van der Waals surface area contributed by atoms with E-state index >= 15 is 0 Å². The van der Waals surface area contributed by atoms with E-state index in [9.17, 15) is 8.42 Å². The van der Waals surface area contributed by atoms with Crippen LogP contribution < -0.4 is 4.74 Å². The molecule has 0 saturated carbocycles. The molecule has 1 aliphatic heterocycles. The zero-order valence-corrected chi connectivity index (χ0v) is 17.0. The van der Waals surface area contributed by atoms with Crippen LogP contribution >= 0.6 is 0 Å². The predicted molar refractivity (Wildman–Crippen MR) is 109 cm³/mol. The highest BCUT2D eigenvalue weighted by Gasteiger charge is 2.31. The Morgan fingerprint density at radius 2 is 1.79 bits per heavy atom. The first-order chi connectivity index (χ1) is 14.1. The number of benzene rings is 1. The third-order valence-electron chi connectivity index (χ3n) is 5.11. The second kappa shape index (κ2) is 8.32. The van der Waals surface area contributed by atoms with E-state index in [0.717, 1.165) is 23.4 Å². The normalized spacial score (nSPS) is 16.0. The molecule has 3 heterocycles. The Morgan fingerprint density at radius 1 is 1.07 bits per heavy atom. The molecule has 0 amide bonds. The smallest absolute Gasteiger partial charge is 0.246 e. The lowest BCUT2D eigenvalue weighted by molar-refractivity contribution is 0.180. The molecule has 29 heavy (non-hydrogen) atoms. The summed E-state index contributed by atoms with van der Waals surface area (Å²) in [6.07, 6.45) is 4.64. The fraction of sp³-hybridized carbons (Fsp3) is 0.300. The standard InChI is InChI=1S/C20H23N5O3S/c1-28-18-5-3-2-4-17(18)15-24-10-12-25(13-11-24)29(26,27)19-14-22-23-20(19)16-6-8-21-9-7-16/h2-9,14H,10-13,15H2,1H3,(H,22,23). The van der Waals surface area contributed by atoms with Crippen LogP contribution in [-0.2, 0) is 16.6 Å². The molecule has 3 aromatic rings. The van der Waals surface area contributed by atoms with Crippen LogP contribution in [-0.4, -0.2) is 66.1 Å². The van der Waals surface area contributed by atoms with Crippen LogP contribution in [0.15, 0.2) is 59.9 Å². The zero-order valence-electron chi connectivity index (χ0n) is 16.2. The lowest BCUT2D eigenvalue weighted by Crippen LogP contribution is -2.48. The van der Waals surface area contributed by atoms with E-state index in [1.165, 1.54) is 10.5 Å². The summed E-state index contributed by atoms with van der Waals surface area (Å²) >= 11 is 0. The van der Waals surface area contributed by atoms with Crippen LogP contribution in [0.1, 0.15) is 5.56 Å². The highest BCUT2D eigenvalue weighted by Crippen LogP contribution is 2.28. The first kappa shape index (κ1) is 19.6. The number of ether oxygens (including phenoxy) is 1. The summed E-state index contributed by atoms with van der Waals surface area (Å²) in [6, 6.07) is 11.4. The van der Waals surface area contributed by atoms with Crippen molar-refractivity contribution in [3.05, 3.63) is 60.6 Å². The summed E-state index contributed by atoms with van der Waals surface area (Å²) in [5, 5.41) is 6.79. The number of rotatable bonds is 6. The molecule has 0 unspecified atom stereocenters. The van der Waals surface area contributed by atoms with Crippen molar-refractivity contribution in [3.8, 4) is 17.0 Å². The van der Waals surface area contributed by atoms with Crippen LogP contribution in [0.25, 0.3) is 11.3 Å². The maximum absolute atomic E-state index is 13.2. The summed E-state index contributed by atoms with van der Waals surface area (Å²) in [6.45, 7) is 2.89. The Kier molecular flexibility index (Phi) is 5.61. The van der Waals surface area contributed by atoms with Gasteiger partial charge in [0.25, 0.3) is 0 Å². The van der Waals surface area contributed by atoms with Gasteiger partial charge in [-0.05, 0) is 18.2 Å². The second-order valence-electron chi connectivity index (χ2n) is 6.84. The number of hydrogen-bond acceptors (Lipinski definition) is 6. The number of piperazine rings is 1. The summed E-state index contributed by atoms with van der Waals surface area (Å²) in [4.78, 5) is 6.42. The Balaban J connectivity index is 1.47. The molecule has 1 fully saturated rings. The van der Waals surface area contributed by atoms with Gasteiger partial charge in [-0.25, -0.2) is 8.42 Å². The van der Waals surface area contributed by atoms with Crippen LogP contribution in [0.3, 0.4) is 0 Å². The van der Waals surface area contributed by atoms with Gasteiger partial charge in [-0.1, -0.05) is 18.2 Å². The number of H-pyrrole nitrogens is 1. The molecule has 1 aliphatic rings. The number of aromatic nitrogens is 3. The number of pyridine rings is 1. The summed E-state index contributed by atoms with van der Waals surface area (Å²) in [5.41, 5.74) is 2.33. The number of nitrogens with zero attached hydrogens (tertiary/aromatic N) is 4. The topological polar surface area (TPSA) is 91.4 Å². The first-order valence-corrected chi connectivity index (χ1v) is 10.8. The van der Waals surface area contributed by atoms with Crippen molar-refractivity contribution in [1.29, 1.82) is 0 Å². The largest absolute Gasteiger partial charge is 0.496 e. The lowest BCUT2D eigenvalue weighted by Gasteiger charge is -2.34. The van der Waals surface area contributed by atoms with Crippen molar-refractivity contribution in [1.82, 2.24) is 24.4 Å². The first-order valence-electron chi connectivity index (χ1n) is 9.38. The zero-order chi connectivity index (χ0) is 20.3. The van der Waals surface area contributed by atoms with E-state index in [-0.39, 0.29) is 4.90 Å². The number of sulfonamides is 1. The van der Waals surface area contributed by atoms with Crippen LogP contribution in [0.4, 0.5) is 0 Å². The highest BCUT2D eigenvalue weighted by atomic mass is 32.2. The number of nitrogens with one attached hydrogen (secondary N) is 1. The molecular formula is C20H23N5O3S. The van der Waals surface area contributed by atoms with Gasteiger partial charge >= 0.3 is 0 Å². The van der Waals surface area contributed by atoms with Crippen molar-refractivity contribution in [2.75, 3.05) is 33.3 Å². The Morgan fingerprint density at radius 3 is 2.52 bits per heavy atom. The van der Waals surface area contributed by atoms with Crippen LogP contribution in [0, 0.1) is 0 Å². The molecule has 8 nitrogen and oxygen atoms in total. The molecule has 152 valence electrons. The lowest BCUT2D eigenvalue weighted by atomic mass is 10.2. The molecule has 1 aromatic carbocycles. The van der Waals surface area contributed by atoms with Gasteiger partial charge in [-0.2, -0.15) is 9.40 Å². The van der Waals surface area contributed by atoms with Gasteiger partial charge in [0.05, 0.1) is 19.0 Å². The minimum atomic E-state index is -3.64. The average Bonchev–Trinajstić information content (AvgIpc) is 3.26. The number of para-hydroxylation sites is 1.